The van der Waals surface area contributed by atoms with Gasteiger partial charge in [-0.15, -0.1) is 5.10 Å². The van der Waals surface area contributed by atoms with E-state index in [-0.39, 0.29) is 6.04 Å². The Kier molecular flexibility index (Phi) is 2.56. The first kappa shape index (κ1) is 8.16. The molecule has 0 saturated heterocycles. The first-order valence-electron chi connectivity index (χ1n) is 3.51. The molecule has 1 unspecified atom stereocenters. The number of rotatable bonds is 3. The van der Waals surface area contributed by atoms with Crippen molar-refractivity contribution in [3.63, 3.8) is 0 Å². The molecule has 0 fully saturated rings. The second kappa shape index (κ2) is 3.45. The highest BCUT2D eigenvalue weighted by Crippen LogP contribution is 2.04. The van der Waals surface area contributed by atoms with Gasteiger partial charge in [-0.1, -0.05) is 5.21 Å². The van der Waals surface area contributed by atoms with Crippen molar-refractivity contribution in [1.82, 2.24) is 20.3 Å². The summed E-state index contributed by atoms with van der Waals surface area (Å²) in [5.74, 6) is 0. The van der Waals surface area contributed by atoms with Gasteiger partial charge in [0.1, 0.15) is 5.69 Å². The third-order valence-electron chi connectivity index (χ3n) is 1.56. The standard InChI is InChI=1S/C6H13N5/c1-8-5(3-7)6-4-11(2)10-9-6/h4-5,8H,3,7H2,1-2H3. The van der Waals surface area contributed by atoms with Gasteiger partial charge in [0.05, 0.1) is 6.04 Å². The van der Waals surface area contributed by atoms with Crippen molar-refractivity contribution >= 4 is 0 Å². The van der Waals surface area contributed by atoms with E-state index in [2.05, 4.69) is 15.6 Å². The van der Waals surface area contributed by atoms with Crippen LogP contribution in [0.4, 0.5) is 0 Å². The van der Waals surface area contributed by atoms with Crippen LogP contribution in [0.2, 0.25) is 0 Å². The van der Waals surface area contributed by atoms with Crippen LogP contribution in [0.15, 0.2) is 6.20 Å². The number of likely N-dealkylation sites (N-methyl/N-ethyl adjacent to an activating group) is 1. The smallest absolute Gasteiger partial charge is 0.101 e. The molecule has 1 atom stereocenters. The minimum absolute atomic E-state index is 0.115. The Morgan fingerprint density at radius 3 is 2.91 bits per heavy atom. The van der Waals surface area contributed by atoms with Gasteiger partial charge in [-0.25, -0.2) is 0 Å². The first-order chi connectivity index (χ1) is 5.27. The van der Waals surface area contributed by atoms with Gasteiger partial charge in [-0.2, -0.15) is 0 Å². The molecule has 62 valence electrons. The number of nitrogens with one attached hydrogen (secondary N) is 1. The van der Waals surface area contributed by atoms with E-state index in [4.69, 9.17) is 5.73 Å². The maximum absolute atomic E-state index is 5.49. The summed E-state index contributed by atoms with van der Waals surface area (Å²) in [7, 11) is 3.69. The van der Waals surface area contributed by atoms with Crippen molar-refractivity contribution in [2.75, 3.05) is 13.6 Å². The molecule has 0 saturated carbocycles. The summed E-state index contributed by atoms with van der Waals surface area (Å²) < 4.78 is 1.66. The maximum atomic E-state index is 5.49. The summed E-state index contributed by atoms with van der Waals surface area (Å²) in [5, 5.41) is 10.8. The Morgan fingerprint density at radius 2 is 2.55 bits per heavy atom. The highest BCUT2D eigenvalue weighted by atomic mass is 15.4. The van der Waals surface area contributed by atoms with Gasteiger partial charge >= 0.3 is 0 Å². The molecule has 5 nitrogen and oxygen atoms in total. The predicted octanol–water partition coefficient (Wildman–Crippen LogP) is -0.966. The number of aromatic nitrogens is 3. The van der Waals surface area contributed by atoms with Crippen LogP contribution in [0.3, 0.4) is 0 Å². The zero-order valence-corrected chi connectivity index (χ0v) is 6.78. The molecule has 5 heteroatoms. The zero-order valence-electron chi connectivity index (χ0n) is 6.78. The van der Waals surface area contributed by atoms with Gasteiger partial charge in [-0.3, -0.25) is 4.68 Å². The van der Waals surface area contributed by atoms with Crippen molar-refractivity contribution in [3.05, 3.63) is 11.9 Å². The number of hydrogen-bond acceptors (Lipinski definition) is 4. The van der Waals surface area contributed by atoms with E-state index in [1.54, 1.807) is 4.68 Å². The second-order valence-corrected chi connectivity index (χ2v) is 2.39. The molecule has 0 bridgehead atoms. The minimum Gasteiger partial charge on any atom is -0.329 e. The quantitative estimate of drug-likeness (QED) is 0.589. The molecule has 3 N–H and O–H groups in total. The molecule has 0 aliphatic rings. The van der Waals surface area contributed by atoms with Crippen LogP contribution in [0, 0.1) is 0 Å². The highest BCUT2D eigenvalue weighted by molar-refractivity contribution is 5.00. The third-order valence-corrected chi connectivity index (χ3v) is 1.56. The Balaban J connectivity index is 2.73. The molecular formula is C6H13N5. The van der Waals surface area contributed by atoms with Gasteiger partial charge in [0, 0.05) is 19.8 Å². The number of hydrogen-bond donors (Lipinski definition) is 2. The minimum atomic E-state index is 0.115. The number of nitrogens with zero attached hydrogens (tertiary/aromatic N) is 3. The van der Waals surface area contributed by atoms with Crippen LogP contribution >= 0.6 is 0 Å². The number of nitrogens with two attached hydrogens (primary N) is 1. The Morgan fingerprint density at radius 1 is 1.82 bits per heavy atom. The van der Waals surface area contributed by atoms with Crippen LogP contribution in [-0.2, 0) is 7.05 Å². The van der Waals surface area contributed by atoms with E-state index in [9.17, 15) is 0 Å². The normalized spacial score (nSPS) is 13.4. The summed E-state index contributed by atoms with van der Waals surface area (Å²) in [6.07, 6.45) is 1.86. The maximum Gasteiger partial charge on any atom is 0.101 e. The second-order valence-electron chi connectivity index (χ2n) is 2.39. The lowest BCUT2D eigenvalue weighted by Gasteiger charge is -2.08. The highest BCUT2D eigenvalue weighted by Gasteiger charge is 2.09. The molecule has 0 amide bonds. The lowest BCUT2D eigenvalue weighted by Crippen LogP contribution is -2.25. The average Bonchev–Trinajstić information content (AvgIpc) is 2.39. The van der Waals surface area contributed by atoms with E-state index in [1.165, 1.54) is 0 Å². The van der Waals surface area contributed by atoms with E-state index in [0.29, 0.717) is 6.54 Å². The molecule has 11 heavy (non-hydrogen) atoms. The summed E-state index contributed by atoms with van der Waals surface area (Å²) in [6.45, 7) is 0.537. The summed E-state index contributed by atoms with van der Waals surface area (Å²) in [6, 6.07) is 0.115. The van der Waals surface area contributed by atoms with Crippen molar-refractivity contribution in [3.8, 4) is 0 Å². The van der Waals surface area contributed by atoms with E-state index in [0.717, 1.165) is 5.69 Å². The lowest BCUT2D eigenvalue weighted by atomic mass is 10.2. The molecule has 0 spiro atoms. The van der Waals surface area contributed by atoms with Gasteiger partial charge in [-0.05, 0) is 7.05 Å². The van der Waals surface area contributed by atoms with E-state index in [1.807, 2.05) is 20.3 Å². The molecule has 1 rings (SSSR count). The van der Waals surface area contributed by atoms with Crippen LogP contribution in [0.25, 0.3) is 0 Å². The topological polar surface area (TPSA) is 68.8 Å². The van der Waals surface area contributed by atoms with Gasteiger partial charge in [0.15, 0.2) is 0 Å². The fraction of sp³-hybridized carbons (Fsp3) is 0.667. The Bertz CT molecular complexity index is 215. The fourth-order valence-electron chi connectivity index (χ4n) is 0.911. The molecule has 1 aromatic heterocycles. The predicted molar refractivity (Wildman–Crippen MR) is 41.9 cm³/mol. The molecule has 0 aliphatic heterocycles. The van der Waals surface area contributed by atoms with E-state index < -0.39 is 0 Å². The average molecular weight is 155 g/mol. The van der Waals surface area contributed by atoms with Crippen LogP contribution in [0.1, 0.15) is 11.7 Å². The van der Waals surface area contributed by atoms with Gasteiger partial charge in [0.25, 0.3) is 0 Å². The van der Waals surface area contributed by atoms with E-state index >= 15 is 0 Å². The molecule has 1 heterocycles. The Hall–Kier alpha value is -0.940. The van der Waals surface area contributed by atoms with Crippen LogP contribution in [-0.4, -0.2) is 28.6 Å². The van der Waals surface area contributed by atoms with Gasteiger partial charge < -0.3 is 11.1 Å². The van der Waals surface area contributed by atoms with Crippen molar-refractivity contribution < 1.29 is 0 Å². The molecule has 0 aliphatic carbocycles. The monoisotopic (exact) mass is 155 g/mol. The van der Waals surface area contributed by atoms with Crippen molar-refractivity contribution in [2.45, 2.75) is 6.04 Å². The first-order valence-corrected chi connectivity index (χ1v) is 3.51. The summed E-state index contributed by atoms with van der Waals surface area (Å²) >= 11 is 0. The summed E-state index contributed by atoms with van der Waals surface area (Å²) in [5.41, 5.74) is 6.37. The zero-order chi connectivity index (χ0) is 8.27. The lowest BCUT2D eigenvalue weighted by molar-refractivity contribution is 0.587. The summed E-state index contributed by atoms with van der Waals surface area (Å²) in [4.78, 5) is 0. The molecule has 1 aromatic rings. The van der Waals surface area contributed by atoms with Crippen molar-refractivity contribution in [2.24, 2.45) is 12.8 Å². The van der Waals surface area contributed by atoms with Gasteiger partial charge in [0.2, 0.25) is 0 Å². The van der Waals surface area contributed by atoms with Crippen LogP contribution < -0.4 is 11.1 Å². The Labute approximate surface area is 65.6 Å². The largest absolute Gasteiger partial charge is 0.329 e. The molecular weight excluding hydrogens is 142 g/mol. The van der Waals surface area contributed by atoms with Crippen molar-refractivity contribution in [1.29, 1.82) is 0 Å². The molecule has 0 aromatic carbocycles. The number of aryl methyl sites for hydroxylation is 1. The third kappa shape index (κ3) is 1.75. The molecule has 0 radical (unpaired) electrons. The van der Waals surface area contributed by atoms with Crippen LogP contribution in [0.5, 0.6) is 0 Å². The fourth-order valence-corrected chi connectivity index (χ4v) is 0.911. The SMILES string of the molecule is CNC(CN)c1cn(C)nn1.